The highest BCUT2D eigenvalue weighted by molar-refractivity contribution is 5.87. The standard InChI is InChI=1S/C14H18N2O/c1-16(11-6-4-7-11)14(17)13-9-10-5-2-3-8-12(10)15-13/h2-3,5,8,11,13,15H,4,6-7,9H2,1H3. The monoisotopic (exact) mass is 230 g/mol. The Morgan fingerprint density at radius 3 is 2.76 bits per heavy atom. The molecule has 0 radical (unpaired) electrons. The Hall–Kier alpha value is -1.51. The van der Waals surface area contributed by atoms with Gasteiger partial charge in [-0.25, -0.2) is 0 Å². The number of hydrogen-bond donors (Lipinski definition) is 1. The van der Waals surface area contributed by atoms with Crippen LogP contribution in [0.4, 0.5) is 5.69 Å². The van der Waals surface area contributed by atoms with Crippen molar-refractivity contribution in [3.8, 4) is 0 Å². The van der Waals surface area contributed by atoms with Crippen molar-refractivity contribution < 1.29 is 4.79 Å². The molecule has 0 saturated heterocycles. The molecule has 3 rings (SSSR count). The van der Waals surface area contributed by atoms with E-state index in [1.54, 1.807) is 0 Å². The summed E-state index contributed by atoms with van der Waals surface area (Å²) in [5.74, 6) is 0.242. The number of hydrogen-bond acceptors (Lipinski definition) is 2. The maximum atomic E-state index is 12.3. The molecule has 17 heavy (non-hydrogen) atoms. The van der Waals surface area contributed by atoms with E-state index in [1.165, 1.54) is 24.8 Å². The number of fused-ring (bicyclic) bond motifs is 1. The lowest BCUT2D eigenvalue weighted by Crippen LogP contribution is -2.47. The van der Waals surface area contributed by atoms with Crippen LogP contribution in [0.3, 0.4) is 0 Å². The predicted molar refractivity (Wildman–Crippen MR) is 68.0 cm³/mol. The van der Waals surface area contributed by atoms with Crippen molar-refractivity contribution in [2.45, 2.75) is 37.8 Å². The van der Waals surface area contributed by atoms with Crippen LogP contribution in [0.5, 0.6) is 0 Å². The smallest absolute Gasteiger partial charge is 0.245 e. The second-order valence-electron chi connectivity index (χ2n) is 5.09. The molecular weight excluding hydrogens is 212 g/mol. The molecule has 1 aromatic carbocycles. The summed E-state index contributed by atoms with van der Waals surface area (Å²) >= 11 is 0. The van der Waals surface area contributed by atoms with Crippen molar-refractivity contribution >= 4 is 11.6 Å². The first-order valence-electron chi connectivity index (χ1n) is 6.37. The maximum absolute atomic E-state index is 12.3. The molecule has 1 heterocycles. The van der Waals surface area contributed by atoms with Crippen molar-refractivity contribution in [2.75, 3.05) is 12.4 Å². The fraction of sp³-hybridized carbons (Fsp3) is 0.500. The fourth-order valence-corrected chi connectivity index (χ4v) is 2.65. The average molecular weight is 230 g/mol. The van der Waals surface area contributed by atoms with Gasteiger partial charge in [-0.15, -0.1) is 0 Å². The van der Waals surface area contributed by atoms with E-state index in [2.05, 4.69) is 11.4 Å². The number of anilines is 1. The highest BCUT2D eigenvalue weighted by atomic mass is 16.2. The normalized spacial score (nSPS) is 22.5. The SMILES string of the molecule is CN(C(=O)C1Cc2ccccc2N1)C1CCC1. The lowest BCUT2D eigenvalue weighted by molar-refractivity contribution is -0.134. The molecule has 1 unspecified atom stereocenters. The minimum absolute atomic E-state index is 0.0574. The van der Waals surface area contributed by atoms with Crippen molar-refractivity contribution in [1.29, 1.82) is 0 Å². The second-order valence-corrected chi connectivity index (χ2v) is 5.09. The van der Waals surface area contributed by atoms with Crippen LogP contribution in [0.25, 0.3) is 0 Å². The molecule has 90 valence electrons. The van der Waals surface area contributed by atoms with Gasteiger partial charge in [-0.2, -0.15) is 0 Å². The van der Waals surface area contributed by atoms with E-state index in [0.717, 1.165) is 12.1 Å². The van der Waals surface area contributed by atoms with Gasteiger partial charge in [-0.1, -0.05) is 18.2 Å². The highest BCUT2D eigenvalue weighted by Crippen LogP contribution is 2.28. The number of amides is 1. The molecule has 1 atom stereocenters. The summed E-state index contributed by atoms with van der Waals surface area (Å²) in [4.78, 5) is 14.2. The number of carbonyl (C=O) groups excluding carboxylic acids is 1. The first kappa shape index (κ1) is 10.6. The average Bonchev–Trinajstić information content (AvgIpc) is 2.68. The van der Waals surface area contributed by atoms with Gasteiger partial charge in [-0.3, -0.25) is 4.79 Å². The maximum Gasteiger partial charge on any atom is 0.245 e. The van der Waals surface area contributed by atoms with Gasteiger partial charge < -0.3 is 10.2 Å². The Labute approximate surface area is 102 Å². The first-order valence-corrected chi connectivity index (χ1v) is 6.37. The molecule has 1 amide bonds. The number of rotatable bonds is 2. The molecule has 2 aliphatic rings. The first-order chi connectivity index (χ1) is 8.25. The molecule has 1 aliphatic carbocycles. The lowest BCUT2D eigenvalue weighted by Gasteiger charge is -2.36. The molecule has 1 N–H and O–H groups in total. The number of carbonyl (C=O) groups is 1. The second kappa shape index (κ2) is 4.06. The van der Waals surface area contributed by atoms with E-state index in [1.807, 2.05) is 30.1 Å². The zero-order valence-corrected chi connectivity index (χ0v) is 10.1. The van der Waals surface area contributed by atoms with E-state index >= 15 is 0 Å². The Bertz CT molecular complexity index is 415. The molecule has 1 aromatic rings. The third kappa shape index (κ3) is 1.79. The van der Waals surface area contributed by atoms with E-state index in [4.69, 9.17) is 0 Å². The predicted octanol–water partition coefficient (Wildman–Crippen LogP) is 2.03. The Morgan fingerprint density at radius 2 is 2.12 bits per heavy atom. The zero-order chi connectivity index (χ0) is 11.8. The summed E-state index contributed by atoms with van der Waals surface area (Å²) in [6, 6.07) is 8.61. The van der Waals surface area contributed by atoms with Crippen molar-refractivity contribution in [1.82, 2.24) is 4.90 Å². The third-order valence-electron chi connectivity index (χ3n) is 4.04. The van der Waals surface area contributed by atoms with Crippen LogP contribution in [0.2, 0.25) is 0 Å². The molecule has 0 aromatic heterocycles. The summed E-state index contributed by atoms with van der Waals surface area (Å²) < 4.78 is 0. The lowest BCUT2D eigenvalue weighted by atomic mass is 9.91. The van der Waals surface area contributed by atoms with E-state index in [-0.39, 0.29) is 11.9 Å². The van der Waals surface area contributed by atoms with Crippen LogP contribution in [0, 0.1) is 0 Å². The number of benzene rings is 1. The molecule has 3 nitrogen and oxygen atoms in total. The van der Waals surface area contributed by atoms with Gasteiger partial charge in [0.05, 0.1) is 0 Å². The van der Waals surface area contributed by atoms with Crippen LogP contribution in [-0.2, 0) is 11.2 Å². The quantitative estimate of drug-likeness (QED) is 0.843. The molecule has 1 fully saturated rings. The highest BCUT2D eigenvalue weighted by Gasteiger charge is 2.33. The number of nitrogens with zero attached hydrogens (tertiary/aromatic N) is 1. The number of para-hydroxylation sites is 1. The molecule has 3 heteroatoms. The summed E-state index contributed by atoms with van der Waals surface area (Å²) in [6.07, 6.45) is 4.43. The third-order valence-corrected chi connectivity index (χ3v) is 4.04. The summed E-state index contributed by atoms with van der Waals surface area (Å²) in [5, 5.41) is 3.33. The van der Waals surface area contributed by atoms with E-state index in [9.17, 15) is 4.79 Å². The van der Waals surface area contributed by atoms with Gasteiger partial charge in [0.25, 0.3) is 0 Å². The van der Waals surface area contributed by atoms with Gasteiger partial charge in [0.1, 0.15) is 6.04 Å². The van der Waals surface area contributed by atoms with Crippen molar-refractivity contribution in [3.05, 3.63) is 29.8 Å². The molecule has 0 bridgehead atoms. The van der Waals surface area contributed by atoms with Crippen LogP contribution >= 0.6 is 0 Å². The van der Waals surface area contributed by atoms with Crippen molar-refractivity contribution in [2.24, 2.45) is 0 Å². The summed E-state index contributed by atoms with van der Waals surface area (Å²) in [7, 11) is 1.94. The Morgan fingerprint density at radius 1 is 1.35 bits per heavy atom. The minimum Gasteiger partial charge on any atom is -0.373 e. The van der Waals surface area contributed by atoms with E-state index in [0.29, 0.717) is 6.04 Å². The van der Waals surface area contributed by atoms with E-state index < -0.39 is 0 Å². The van der Waals surface area contributed by atoms with Crippen LogP contribution in [-0.4, -0.2) is 29.9 Å². The van der Waals surface area contributed by atoms with Gasteiger partial charge in [0.15, 0.2) is 0 Å². The Kier molecular flexibility index (Phi) is 2.54. The van der Waals surface area contributed by atoms with Gasteiger partial charge >= 0.3 is 0 Å². The summed E-state index contributed by atoms with van der Waals surface area (Å²) in [6.45, 7) is 0. The van der Waals surface area contributed by atoms with Crippen LogP contribution in [0.1, 0.15) is 24.8 Å². The van der Waals surface area contributed by atoms with Gasteiger partial charge in [-0.05, 0) is 30.9 Å². The number of likely N-dealkylation sites (N-methyl/N-ethyl adjacent to an activating group) is 1. The fourth-order valence-electron chi connectivity index (χ4n) is 2.65. The topological polar surface area (TPSA) is 32.3 Å². The minimum atomic E-state index is -0.0574. The molecule has 0 spiro atoms. The largest absolute Gasteiger partial charge is 0.373 e. The number of nitrogens with one attached hydrogen (secondary N) is 1. The van der Waals surface area contributed by atoms with Gasteiger partial charge in [0, 0.05) is 25.2 Å². The van der Waals surface area contributed by atoms with Crippen LogP contribution in [0.15, 0.2) is 24.3 Å². The zero-order valence-electron chi connectivity index (χ0n) is 10.1. The summed E-state index contributed by atoms with van der Waals surface area (Å²) in [5.41, 5.74) is 2.38. The van der Waals surface area contributed by atoms with Crippen LogP contribution < -0.4 is 5.32 Å². The Balaban J connectivity index is 1.69. The molecule has 1 saturated carbocycles. The van der Waals surface area contributed by atoms with Gasteiger partial charge in [0.2, 0.25) is 5.91 Å². The van der Waals surface area contributed by atoms with Crippen molar-refractivity contribution in [3.63, 3.8) is 0 Å². The molecular formula is C14H18N2O. The molecule has 1 aliphatic heterocycles.